The number of aromatic nitrogens is 1. The van der Waals surface area contributed by atoms with Crippen molar-refractivity contribution < 1.29 is 14.6 Å². The number of carbonyl (C=O) groups excluding carboxylic acids is 1. The Bertz CT molecular complexity index is 875. The predicted molar refractivity (Wildman–Crippen MR) is 128 cm³/mol. The molecule has 3 rings (SSSR count). The van der Waals surface area contributed by atoms with Crippen molar-refractivity contribution in [3.05, 3.63) is 36.0 Å². The number of nitrogens with one attached hydrogen (secondary N) is 1. The van der Waals surface area contributed by atoms with Gasteiger partial charge in [0.05, 0.1) is 24.6 Å². The van der Waals surface area contributed by atoms with E-state index in [1.165, 1.54) is 25.7 Å². The van der Waals surface area contributed by atoms with Crippen LogP contribution in [0, 0.1) is 5.92 Å². The molecule has 1 saturated heterocycles. The molecule has 2 aromatic rings. The molecule has 3 unspecified atom stereocenters. The van der Waals surface area contributed by atoms with Crippen molar-refractivity contribution in [3.63, 3.8) is 0 Å². The van der Waals surface area contributed by atoms with E-state index < -0.39 is 6.10 Å². The maximum absolute atomic E-state index is 12.2. The summed E-state index contributed by atoms with van der Waals surface area (Å²) in [6.45, 7) is 4.97. The molecule has 1 fully saturated rings. The van der Waals surface area contributed by atoms with Gasteiger partial charge in [0.1, 0.15) is 5.75 Å². The number of aliphatic hydroxyl groups excluding tert-OH is 1. The summed E-state index contributed by atoms with van der Waals surface area (Å²) in [5.41, 5.74) is 7.38. The topological polar surface area (TPSA) is 101 Å². The largest absolute Gasteiger partial charge is 0.497 e. The summed E-state index contributed by atoms with van der Waals surface area (Å²) < 4.78 is 5.34. The number of β-amino-alcohol motifs (C(OH)–C–C–N with tert-alkyl or cyclic N) is 1. The van der Waals surface area contributed by atoms with Crippen molar-refractivity contribution in [3.8, 4) is 5.75 Å². The van der Waals surface area contributed by atoms with Crippen LogP contribution in [-0.2, 0) is 4.79 Å². The average Bonchev–Trinajstić information content (AvgIpc) is 2.81. The van der Waals surface area contributed by atoms with Gasteiger partial charge >= 0.3 is 0 Å². The Morgan fingerprint density at radius 1 is 1.31 bits per heavy atom. The van der Waals surface area contributed by atoms with Gasteiger partial charge in [-0.15, -0.1) is 0 Å². The standard InChI is InChI=1S/C25H38N4O3/c1-3-4-5-6-7-12-27-23-11-14-29(16-21(23)25(26)31)17-24(30)19-10-13-28-22-9-8-18(32-2)15-20(19)22/h8-10,13,15,21,23-24,27,30H,3-7,11-12,14,16-17H2,1-2H3,(H2,26,31). The first kappa shape index (κ1) is 24.4. The van der Waals surface area contributed by atoms with Gasteiger partial charge in [0.15, 0.2) is 0 Å². The highest BCUT2D eigenvalue weighted by Crippen LogP contribution is 2.28. The van der Waals surface area contributed by atoms with Crippen LogP contribution in [0.15, 0.2) is 30.5 Å². The number of pyridine rings is 1. The van der Waals surface area contributed by atoms with Crippen LogP contribution in [0.4, 0.5) is 0 Å². The Hall–Kier alpha value is -2.22. The summed E-state index contributed by atoms with van der Waals surface area (Å²) in [4.78, 5) is 18.7. The predicted octanol–water partition coefficient (Wildman–Crippen LogP) is 3.01. The molecule has 2 heterocycles. The molecule has 0 aliphatic carbocycles. The number of fused-ring (bicyclic) bond motifs is 1. The molecule has 0 saturated carbocycles. The fourth-order valence-corrected chi connectivity index (χ4v) is 4.64. The van der Waals surface area contributed by atoms with Crippen LogP contribution in [0.5, 0.6) is 5.75 Å². The minimum Gasteiger partial charge on any atom is -0.497 e. The number of unbranched alkanes of at least 4 members (excludes halogenated alkanes) is 4. The minimum atomic E-state index is -0.691. The van der Waals surface area contributed by atoms with Gasteiger partial charge in [0.25, 0.3) is 0 Å². The second-order valence-corrected chi connectivity index (χ2v) is 8.83. The number of primary amides is 1. The molecule has 7 nitrogen and oxygen atoms in total. The van der Waals surface area contributed by atoms with E-state index in [1.807, 2.05) is 24.3 Å². The summed E-state index contributed by atoms with van der Waals surface area (Å²) in [5.74, 6) is 0.210. The van der Waals surface area contributed by atoms with E-state index >= 15 is 0 Å². The van der Waals surface area contributed by atoms with Gasteiger partial charge in [-0.1, -0.05) is 32.6 Å². The number of hydrogen-bond donors (Lipinski definition) is 3. The number of carbonyl (C=O) groups is 1. The Morgan fingerprint density at radius 2 is 2.12 bits per heavy atom. The van der Waals surface area contributed by atoms with Crippen LogP contribution in [0.25, 0.3) is 10.9 Å². The second-order valence-electron chi connectivity index (χ2n) is 8.83. The molecule has 0 spiro atoms. The van der Waals surface area contributed by atoms with E-state index in [4.69, 9.17) is 10.5 Å². The number of piperidine rings is 1. The third-order valence-corrected chi connectivity index (χ3v) is 6.52. The Balaban J connectivity index is 1.59. The molecule has 7 heteroatoms. The summed E-state index contributed by atoms with van der Waals surface area (Å²) in [6, 6.07) is 7.63. The highest BCUT2D eigenvalue weighted by molar-refractivity contribution is 5.83. The van der Waals surface area contributed by atoms with Gasteiger partial charge in [-0.05, 0) is 55.8 Å². The van der Waals surface area contributed by atoms with Gasteiger partial charge in [0, 0.05) is 30.7 Å². The van der Waals surface area contributed by atoms with Crippen molar-refractivity contribution in [1.82, 2.24) is 15.2 Å². The van der Waals surface area contributed by atoms with Crippen LogP contribution in [-0.4, -0.2) is 60.2 Å². The zero-order chi connectivity index (χ0) is 22.9. The van der Waals surface area contributed by atoms with Gasteiger partial charge in [-0.25, -0.2) is 0 Å². The Labute approximate surface area is 191 Å². The van der Waals surface area contributed by atoms with E-state index in [9.17, 15) is 9.90 Å². The van der Waals surface area contributed by atoms with Gasteiger partial charge < -0.3 is 20.9 Å². The second kappa shape index (κ2) is 12.1. The van der Waals surface area contributed by atoms with Crippen molar-refractivity contribution in [2.24, 2.45) is 11.7 Å². The maximum atomic E-state index is 12.2. The van der Waals surface area contributed by atoms with Gasteiger partial charge in [-0.3, -0.25) is 14.7 Å². The van der Waals surface area contributed by atoms with Crippen LogP contribution in [0.1, 0.15) is 57.1 Å². The Kier molecular flexibility index (Phi) is 9.26. The zero-order valence-electron chi connectivity index (χ0n) is 19.4. The molecule has 0 bridgehead atoms. The van der Waals surface area contributed by atoms with E-state index in [0.29, 0.717) is 13.1 Å². The summed E-state index contributed by atoms with van der Waals surface area (Å²) >= 11 is 0. The number of hydrogen-bond acceptors (Lipinski definition) is 6. The summed E-state index contributed by atoms with van der Waals surface area (Å²) in [7, 11) is 1.63. The number of methoxy groups -OCH3 is 1. The van der Waals surface area contributed by atoms with Gasteiger partial charge in [-0.2, -0.15) is 0 Å². The maximum Gasteiger partial charge on any atom is 0.223 e. The molecule has 3 atom stereocenters. The quantitative estimate of drug-likeness (QED) is 0.437. The molecular weight excluding hydrogens is 404 g/mol. The third-order valence-electron chi connectivity index (χ3n) is 6.52. The minimum absolute atomic E-state index is 0.109. The van der Waals surface area contributed by atoms with Crippen LogP contribution < -0.4 is 15.8 Å². The molecule has 32 heavy (non-hydrogen) atoms. The van der Waals surface area contributed by atoms with Crippen molar-refractivity contribution in [2.75, 3.05) is 33.3 Å². The SMILES string of the molecule is CCCCCCCNC1CCN(CC(O)c2ccnc3ccc(OC)cc23)CC1C(N)=O. The summed E-state index contributed by atoms with van der Waals surface area (Å²) in [6.07, 6.45) is 8.01. The van der Waals surface area contributed by atoms with Crippen molar-refractivity contribution >= 4 is 16.8 Å². The molecular formula is C25H38N4O3. The third kappa shape index (κ3) is 6.40. The van der Waals surface area contributed by atoms with Crippen molar-refractivity contribution in [2.45, 2.75) is 57.6 Å². The summed E-state index contributed by atoms with van der Waals surface area (Å²) in [5, 5.41) is 15.5. The highest BCUT2D eigenvalue weighted by Gasteiger charge is 2.33. The molecule has 1 amide bonds. The van der Waals surface area contributed by atoms with Gasteiger partial charge in [0.2, 0.25) is 5.91 Å². The molecule has 1 aliphatic rings. The normalized spacial score (nSPS) is 20.3. The molecule has 176 valence electrons. The first-order chi connectivity index (χ1) is 15.5. The lowest BCUT2D eigenvalue weighted by Crippen LogP contribution is -2.54. The lowest BCUT2D eigenvalue weighted by molar-refractivity contribution is -0.124. The lowest BCUT2D eigenvalue weighted by atomic mass is 9.90. The molecule has 1 aliphatic heterocycles. The number of aliphatic hydroxyl groups is 1. The average molecular weight is 443 g/mol. The molecule has 1 aromatic carbocycles. The monoisotopic (exact) mass is 442 g/mol. The smallest absolute Gasteiger partial charge is 0.223 e. The number of nitrogens with two attached hydrogens (primary N) is 1. The number of nitrogens with zero attached hydrogens (tertiary/aromatic N) is 2. The van der Waals surface area contributed by atoms with E-state index in [0.717, 1.165) is 48.1 Å². The highest BCUT2D eigenvalue weighted by atomic mass is 16.5. The molecule has 0 radical (unpaired) electrons. The fraction of sp³-hybridized carbons (Fsp3) is 0.600. The fourth-order valence-electron chi connectivity index (χ4n) is 4.64. The lowest BCUT2D eigenvalue weighted by Gasteiger charge is -2.38. The first-order valence-corrected chi connectivity index (χ1v) is 11.9. The van der Waals surface area contributed by atoms with Crippen LogP contribution >= 0.6 is 0 Å². The Morgan fingerprint density at radius 3 is 2.88 bits per heavy atom. The van der Waals surface area contributed by atoms with Crippen molar-refractivity contribution in [1.29, 1.82) is 0 Å². The number of rotatable bonds is 12. The van der Waals surface area contributed by atoms with E-state index in [1.54, 1.807) is 13.3 Å². The number of likely N-dealkylation sites (tertiary alicyclic amines) is 1. The van der Waals surface area contributed by atoms with E-state index in [2.05, 4.69) is 22.1 Å². The molecule has 4 N–H and O–H groups in total. The molecule has 1 aromatic heterocycles. The number of benzene rings is 1. The first-order valence-electron chi connectivity index (χ1n) is 11.9. The zero-order valence-corrected chi connectivity index (χ0v) is 19.4. The van der Waals surface area contributed by atoms with E-state index in [-0.39, 0.29) is 17.9 Å². The number of amides is 1. The van der Waals surface area contributed by atoms with Crippen LogP contribution in [0.3, 0.4) is 0 Å². The number of ether oxygens (including phenoxy) is 1. The van der Waals surface area contributed by atoms with Crippen LogP contribution in [0.2, 0.25) is 0 Å².